The second kappa shape index (κ2) is 6.72. The topological polar surface area (TPSA) is 65.2 Å². The third kappa shape index (κ3) is 3.95. The van der Waals surface area contributed by atoms with E-state index in [2.05, 4.69) is 10.1 Å². The molecule has 0 saturated heterocycles. The molecule has 0 spiro atoms. The normalized spacial score (nSPS) is 10.6. The second-order valence-electron chi connectivity index (χ2n) is 4.00. The molecule has 0 fully saturated rings. The molecule has 0 atom stereocenters. The van der Waals surface area contributed by atoms with Crippen LogP contribution in [0, 0.1) is 0 Å². The van der Waals surface area contributed by atoms with E-state index in [-0.39, 0.29) is 12.3 Å². The lowest BCUT2D eigenvalue weighted by atomic mass is 10.1. The Labute approximate surface area is 125 Å². The fourth-order valence-corrected chi connectivity index (χ4v) is 2.08. The van der Waals surface area contributed by atoms with Crippen LogP contribution in [0.15, 0.2) is 22.7 Å². The number of halogens is 2. The second-order valence-corrected chi connectivity index (χ2v) is 4.84. The smallest absolute Gasteiger partial charge is 0.315 e. The molecule has 0 radical (unpaired) electrons. The first kappa shape index (κ1) is 14.8. The maximum atomic E-state index is 11.3. The van der Waals surface area contributed by atoms with E-state index < -0.39 is 5.97 Å². The van der Waals surface area contributed by atoms with Crippen molar-refractivity contribution >= 4 is 29.2 Å². The van der Waals surface area contributed by atoms with Gasteiger partial charge in [0.25, 0.3) is 0 Å². The lowest BCUT2D eigenvalue weighted by molar-refractivity contribution is -0.142. The first-order valence-electron chi connectivity index (χ1n) is 5.99. The van der Waals surface area contributed by atoms with Crippen LogP contribution in [0.2, 0.25) is 10.0 Å². The SMILES string of the molecule is CCOC(=O)Cc1nc(Cc2ccc(Cl)cc2Cl)no1. The van der Waals surface area contributed by atoms with Crippen molar-refractivity contribution in [3.63, 3.8) is 0 Å². The molecule has 2 rings (SSSR count). The molecule has 0 amide bonds. The molecule has 106 valence electrons. The van der Waals surface area contributed by atoms with E-state index in [1.807, 2.05) is 0 Å². The number of ether oxygens (including phenoxy) is 1. The lowest BCUT2D eigenvalue weighted by Crippen LogP contribution is -2.07. The van der Waals surface area contributed by atoms with Crippen molar-refractivity contribution < 1.29 is 14.1 Å². The van der Waals surface area contributed by atoms with Crippen molar-refractivity contribution in [3.05, 3.63) is 45.5 Å². The number of nitrogens with zero attached hydrogens (tertiary/aromatic N) is 2. The fraction of sp³-hybridized carbons (Fsp3) is 0.308. The van der Waals surface area contributed by atoms with Crippen LogP contribution in [0.4, 0.5) is 0 Å². The average Bonchev–Trinajstić information content (AvgIpc) is 2.80. The molecule has 0 aliphatic heterocycles. The van der Waals surface area contributed by atoms with Gasteiger partial charge in [-0.3, -0.25) is 4.79 Å². The van der Waals surface area contributed by atoms with Gasteiger partial charge in [-0.05, 0) is 24.6 Å². The zero-order chi connectivity index (χ0) is 14.5. The summed E-state index contributed by atoms with van der Waals surface area (Å²) in [5.41, 5.74) is 0.833. The number of carbonyl (C=O) groups excluding carboxylic acids is 1. The molecule has 2 aromatic rings. The monoisotopic (exact) mass is 314 g/mol. The average molecular weight is 315 g/mol. The van der Waals surface area contributed by atoms with Crippen LogP contribution >= 0.6 is 23.2 Å². The van der Waals surface area contributed by atoms with Gasteiger partial charge in [0.15, 0.2) is 5.82 Å². The van der Waals surface area contributed by atoms with Gasteiger partial charge in [-0.15, -0.1) is 0 Å². The zero-order valence-corrected chi connectivity index (χ0v) is 12.2. The minimum absolute atomic E-state index is 0.0325. The number of rotatable bonds is 5. The molecule has 20 heavy (non-hydrogen) atoms. The summed E-state index contributed by atoms with van der Waals surface area (Å²) in [6, 6.07) is 5.19. The minimum atomic E-state index is -0.396. The van der Waals surface area contributed by atoms with Gasteiger partial charge in [-0.1, -0.05) is 34.4 Å². The largest absolute Gasteiger partial charge is 0.466 e. The maximum Gasteiger partial charge on any atom is 0.315 e. The first-order chi connectivity index (χ1) is 9.58. The Kier molecular flexibility index (Phi) is 4.98. The molecule has 1 heterocycles. The Balaban J connectivity index is 2.04. The van der Waals surface area contributed by atoms with Gasteiger partial charge in [0.05, 0.1) is 6.61 Å². The Morgan fingerprint density at radius 1 is 1.40 bits per heavy atom. The van der Waals surface area contributed by atoms with E-state index >= 15 is 0 Å². The summed E-state index contributed by atoms with van der Waals surface area (Å²) in [7, 11) is 0. The number of hydrogen-bond donors (Lipinski definition) is 0. The highest BCUT2D eigenvalue weighted by Crippen LogP contribution is 2.22. The molecule has 1 aromatic carbocycles. The quantitative estimate of drug-likeness (QED) is 0.793. The fourth-order valence-electron chi connectivity index (χ4n) is 1.60. The van der Waals surface area contributed by atoms with Crippen molar-refractivity contribution in [2.75, 3.05) is 6.61 Å². The molecule has 0 bridgehead atoms. The van der Waals surface area contributed by atoms with Gasteiger partial charge in [-0.25, -0.2) is 0 Å². The summed E-state index contributed by atoms with van der Waals surface area (Å²) >= 11 is 11.9. The molecule has 0 N–H and O–H groups in total. The highest BCUT2D eigenvalue weighted by Gasteiger charge is 2.13. The summed E-state index contributed by atoms with van der Waals surface area (Å²) in [5.74, 6) is 0.282. The highest BCUT2D eigenvalue weighted by molar-refractivity contribution is 6.35. The zero-order valence-electron chi connectivity index (χ0n) is 10.7. The molecular formula is C13H12Cl2N2O3. The van der Waals surface area contributed by atoms with Crippen LogP contribution in [-0.2, 0) is 22.4 Å². The molecule has 0 aliphatic carbocycles. The van der Waals surface area contributed by atoms with Crippen molar-refractivity contribution in [2.24, 2.45) is 0 Å². The van der Waals surface area contributed by atoms with Crippen molar-refractivity contribution in [3.8, 4) is 0 Å². The highest BCUT2D eigenvalue weighted by atomic mass is 35.5. The third-order valence-corrected chi connectivity index (χ3v) is 3.06. The van der Waals surface area contributed by atoms with E-state index in [4.69, 9.17) is 32.5 Å². The third-order valence-electron chi connectivity index (χ3n) is 2.47. The van der Waals surface area contributed by atoms with Gasteiger partial charge in [0.2, 0.25) is 5.89 Å². The predicted molar refractivity (Wildman–Crippen MR) is 73.9 cm³/mol. The lowest BCUT2D eigenvalue weighted by Gasteiger charge is -2.00. The van der Waals surface area contributed by atoms with E-state index in [0.29, 0.717) is 28.9 Å². The minimum Gasteiger partial charge on any atom is -0.466 e. The van der Waals surface area contributed by atoms with Gasteiger partial charge in [-0.2, -0.15) is 4.98 Å². The number of benzene rings is 1. The van der Waals surface area contributed by atoms with E-state index in [1.165, 1.54) is 0 Å². The van der Waals surface area contributed by atoms with Crippen LogP contribution in [-0.4, -0.2) is 22.7 Å². The van der Waals surface area contributed by atoms with Crippen LogP contribution < -0.4 is 0 Å². The summed E-state index contributed by atoms with van der Waals surface area (Å²) in [5, 5.41) is 4.90. The molecule has 1 aromatic heterocycles. The van der Waals surface area contributed by atoms with Crippen molar-refractivity contribution in [1.29, 1.82) is 0 Å². The molecule has 0 unspecified atom stereocenters. The summed E-state index contributed by atoms with van der Waals surface area (Å²) in [4.78, 5) is 15.4. The number of esters is 1. The number of carbonyl (C=O) groups is 1. The molecule has 5 nitrogen and oxygen atoms in total. The van der Waals surface area contributed by atoms with E-state index in [0.717, 1.165) is 5.56 Å². The molecule has 0 aliphatic rings. The Hall–Kier alpha value is -1.59. The summed E-state index contributed by atoms with van der Waals surface area (Å²) in [6.07, 6.45) is 0.373. The summed E-state index contributed by atoms with van der Waals surface area (Å²) < 4.78 is 9.79. The number of hydrogen-bond acceptors (Lipinski definition) is 5. The molecule has 0 saturated carbocycles. The number of aromatic nitrogens is 2. The van der Waals surface area contributed by atoms with Gasteiger partial charge in [0, 0.05) is 16.5 Å². The van der Waals surface area contributed by atoms with E-state index in [9.17, 15) is 4.79 Å². The van der Waals surface area contributed by atoms with Crippen molar-refractivity contribution in [2.45, 2.75) is 19.8 Å². The van der Waals surface area contributed by atoms with E-state index in [1.54, 1.807) is 25.1 Å². The van der Waals surface area contributed by atoms with Crippen molar-refractivity contribution in [1.82, 2.24) is 10.1 Å². The predicted octanol–water partition coefficient (Wildman–Crippen LogP) is 3.07. The van der Waals surface area contributed by atoms with Gasteiger partial charge >= 0.3 is 5.97 Å². The van der Waals surface area contributed by atoms with Crippen LogP contribution in [0.1, 0.15) is 24.2 Å². The Bertz CT molecular complexity index is 613. The standard InChI is InChI=1S/C13H12Cl2N2O3/c1-2-19-13(18)7-12-16-11(17-20-12)5-8-3-4-9(14)6-10(8)15/h3-4,6H,2,5,7H2,1H3. The first-order valence-corrected chi connectivity index (χ1v) is 6.75. The van der Waals surface area contributed by atoms with Gasteiger partial charge in [0.1, 0.15) is 6.42 Å². The Morgan fingerprint density at radius 2 is 2.20 bits per heavy atom. The van der Waals surface area contributed by atoms with Crippen LogP contribution in [0.25, 0.3) is 0 Å². The molecule has 7 heteroatoms. The summed E-state index contributed by atoms with van der Waals surface area (Å²) in [6.45, 7) is 2.06. The van der Waals surface area contributed by atoms with Gasteiger partial charge < -0.3 is 9.26 Å². The van der Waals surface area contributed by atoms with Crippen LogP contribution in [0.3, 0.4) is 0 Å². The molecular weight excluding hydrogens is 303 g/mol. The maximum absolute atomic E-state index is 11.3. The Morgan fingerprint density at radius 3 is 2.90 bits per heavy atom. The van der Waals surface area contributed by atoms with Crippen LogP contribution in [0.5, 0.6) is 0 Å².